The van der Waals surface area contributed by atoms with Crippen LogP contribution in [0.2, 0.25) is 10.0 Å². The SMILES string of the molecule is CCOC(=O)c1cnc2c(Cl)cc(Cl)cc2c1Nc1ccc(OC)cc1. The molecule has 1 N–H and O–H groups in total. The van der Waals surface area contributed by atoms with Gasteiger partial charge in [-0.3, -0.25) is 4.98 Å². The molecule has 0 radical (unpaired) electrons. The Balaban J connectivity index is 2.17. The Morgan fingerprint density at radius 1 is 1.19 bits per heavy atom. The highest BCUT2D eigenvalue weighted by Gasteiger charge is 2.18. The standard InChI is InChI=1S/C19H16Cl2N2O3/c1-3-26-19(24)15-10-22-18-14(8-11(20)9-16(18)21)17(15)23-12-4-6-13(25-2)7-5-12/h4-10H,3H2,1-2H3,(H,22,23). The van der Waals surface area contributed by atoms with Gasteiger partial charge in [0.15, 0.2) is 0 Å². The zero-order valence-corrected chi connectivity index (χ0v) is 15.7. The molecule has 0 aliphatic carbocycles. The van der Waals surface area contributed by atoms with E-state index in [0.29, 0.717) is 32.2 Å². The molecule has 2 aromatic carbocycles. The molecule has 0 bridgehead atoms. The second-order valence-electron chi connectivity index (χ2n) is 5.40. The normalized spacial score (nSPS) is 10.6. The second kappa shape index (κ2) is 7.81. The van der Waals surface area contributed by atoms with Crippen LogP contribution in [0.15, 0.2) is 42.6 Å². The zero-order chi connectivity index (χ0) is 18.7. The molecule has 134 valence electrons. The van der Waals surface area contributed by atoms with E-state index in [2.05, 4.69) is 10.3 Å². The largest absolute Gasteiger partial charge is 0.497 e. The summed E-state index contributed by atoms with van der Waals surface area (Å²) in [4.78, 5) is 16.7. The van der Waals surface area contributed by atoms with Gasteiger partial charge >= 0.3 is 5.97 Å². The maximum Gasteiger partial charge on any atom is 0.341 e. The van der Waals surface area contributed by atoms with E-state index in [1.54, 1.807) is 26.2 Å². The Labute approximate surface area is 160 Å². The fourth-order valence-corrected chi connectivity index (χ4v) is 3.09. The number of halogens is 2. The number of anilines is 2. The molecule has 7 heteroatoms. The van der Waals surface area contributed by atoms with E-state index in [1.165, 1.54) is 6.20 Å². The molecule has 0 fully saturated rings. The molecule has 26 heavy (non-hydrogen) atoms. The Hall–Kier alpha value is -2.50. The van der Waals surface area contributed by atoms with Crippen LogP contribution < -0.4 is 10.1 Å². The highest BCUT2D eigenvalue weighted by atomic mass is 35.5. The number of nitrogens with one attached hydrogen (secondary N) is 1. The number of nitrogens with zero attached hydrogens (tertiary/aromatic N) is 1. The van der Waals surface area contributed by atoms with E-state index < -0.39 is 5.97 Å². The first-order valence-corrected chi connectivity index (χ1v) is 8.65. The smallest absolute Gasteiger partial charge is 0.341 e. The molecule has 0 aliphatic rings. The van der Waals surface area contributed by atoms with Crippen LogP contribution in [0, 0.1) is 0 Å². The highest BCUT2D eigenvalue weighted by Crippen LogP contribution is 2.35. The number of fused-ring (bicyclic) bond motifs is 1. The van der Waals surface area contributed by atoms with Crippen molar-refractivity contribution in [2.45, 2.75) is 6.92 Å². The van der Waals surface area contributed by atoms with Gasteiger partial charge in [-0.2, -0.15) is 0 Å². The monoisotopic (exact) mass is 390 g/mol. The van der Waals surface area contributed by atoms with Crippen molar-refractivity contribution in [1.29, 1.82) is 0 Å². The number of hydrogen-bond donors (Lipinski definition) is 1. The number of rotatable bonds is 5. The lowest BCUT2D eigenvalue weighted by atomic mass is 10.1. The third kappa shape index (κ3) is 3.69. The van der Waals surface area contributed by atoms with Gasteiger partial charge < -0.3 is 14.8 Å². The minimum atomic E-state index is -0.478. The quantitative estimate of drug-likeness (QED) is 0.585. The van der Waals surface area contributed by atoms with Crippen LogP contribution in [0.25, 0.3) is 10.9 Å². The molecular weight excluding hydrogens is 375 g/mol. The number of carbonyl (C=O) groups excluding carboxylic acids is 1. The van der Waals surface area contributed by atoms with Crippen LogP contribution in [-0.2, 0) is 4.74 Å². The molecule has 0 unspecified atom stereocenters. The summed E-state index contributed by atoms with van der Waals surface area (Å²) >= 11 is 12.4. The minimum Gasteiger partial charge on any atom is -0.497 e. The number of aromatic nitrogens is 1. The van der Waals surface area contributed by atoms with Crippen molar-refractivity contribution in [3.05, 3.63) is 58.2 Å². The van der Waals surface area contributed by atoms with E-state index >= 15 is 0 Å². The lowest BCUT2D eigenvalue weighted by Crippen LogP contribution is -2.09. The molecule has 0 atom stereocenters. The molecule has 0 saturated carbocycles. The first-order valence-electron chi connectivity index (χ1n) is 7.89. The van der Waals surface area contributed by atoms with Crippen molar-refractivity contribution in [3.8, 4) is 5.75 Å². The Bertz CT molecular complexity index is 959. The van der Waals surface area contributed by atoms with Crippen LogP contribution in [0.1, 0.15) is 17.3 Å². The fourth-order valence-electron chi connectivity index (χ4n) is 2.54. The lowest BCUT2D eigenvalue weighted by molar-refractivity contribution is 0.0527. The third-order valence-electron chi connectivity index (χ3n) is 3.74. The number of methoxy groups -OCH3 is 1. The number of carbonyl (C=O) groups is 1. The molecule has 3 rings (SSSR count). The van der Waals surface area contributed by atoms with Crippen molar-refractivity contribution < 1.29 is 14.3 Å². The lowest BCUT2D eigenvalue weighted by Gasteiger charge is -2.15. The third-order valence-corrected chi connectivity index (χ3v) is 4.25. The van der Waals surface area contributed by atoms with Crippen molar-refractivity contribution >= 4 is 51.4 Å². The number of ether oxygens (including phenoxy) is 2. The van der Waals surface area contributed by atoms with E-state index in [1.807, 2.05) is 24.3 Å². The molecule has 1 heterocycles. The van der Waals surface area contributed by atoms with E-state index in [4.69, 9.17) is 32.7 Å². The zero-order valence-electron chi connectivity index (χ0n) is 14.2. The van der Waals surface area contributed by atoms with Crippen molar-refractivity contribution in [3.63, 3.8) is 0 Å². The van der Waals surface area contributed by atoms with Gasteiger partial charge in [-0.15, -0.1) is 0 Å². The van der Waals surface area contributed by atoms with Gasteiger partial charge in [-0.25, -0.2) is 4.79 Å². The number of benzene rings is 2. The van der Waals surface area contributed by atoms with Crippen molar-refractivity contribution in [2.24, 2.45) is 0 Å². The van der Waals surface area contributed by atoms with Gasteiger partial charge in [-0.1, -0.05) is 23.2 Å². The summed E-state index contributed by atoms with van der Waals surface area (Å²) in [5, 5.41) is 4.73. The van der Waals surface area contributed by atoms with E-state index in [9.17, 15) is 4.79 Å². The summed E-state index contributed by atoms with van der Waals surface area (Å²) in [6.07, 6.45) is 1.45. The molecule has 0 saturated heterocycles. The van der Waals surface area contributed by atoms with E-state index in [-0.39, 0.29) is 6.61 Å². The molecule has 0 spiro atoms. The average Bonchev–Trinajstić information content (AvgIpc) is 2.63. The molecule has 5 nitrogen and oxygen atoms in total. The van der Waals surface area contributed by atoms with Gasteiger partial charge in [0.05, 0.1) is 29.9 Å². The van der Waals surface area contributed by atoms with Crippen molar-refractivity contribution in [1.82, 2.24) is 4.98 Å². The minimum absolute atomic E-state index is 0.259. The number of pyridine rings is 1. The summed E-state index contributed by atoms with van der Waals surface area (Å²) in [6, 6.07) is 10.6. The molecule has 3 aromatic rings. The van der Waals surface area contributed by atoms with Crippen LogP contribution in [0.3, 0.4) is 0 Å². The topological polar surface area (TPSA) is 60.5 Å². The van der Waals surface area contributed by atoms with Gasteiger partial charge in [0.1, 0.15) is 11.3 Å². The molecule has 0 aliphatic heterocycles. The molecule has 1 aromatic heterocycles. The molecule has 0 amide bonds. The summed E-state index contributed by atoms with van der Waals surface area (Å²) < 4.78 is 10.3. The fraction of sp³-hybridized carbons (Fsp3) is 0.158. The summed E-state index contributed by atoms with van der Waals surface area (Å²) in [7, 11) is 1.60. The first-order chi connectivity index (χ1) is 12.5. The predicted molar refractivity (Wildman–Crippen MR) is 104 cm³/mol. The van der Waals surface area contributed by atoms with Crippen molar-refractivity contribution in [2.75, 3.05) is 19.0 Å². The van der Waals surface area contributed by atoms with Gasteiger partial charge in [0.25, 0.3) is 0 Å². The summed E-state index contributed by atoms with van der Waals surface area (Å²) in [6.45, 7) is 2.01. The maximum absolute atomic E-state index is 12.4. The Kier molecular flexibility index (Phi) is 5.49. The van der Waals surface area contributed by atoms with Gasteiger partial charge in [-0.05, 0) is 43.3 Å². The molecular formula is C19H16Cl2N2O3. The van der Waals surface area contributed by atoms with Crippen LogP contribution in [0.5, 0.6) is 5.75 Å². The Morgan fingerprint density at radius 3 is 2.58 bits per heavy atom. The van der Waals surface area contributed by atoms with Gasteiger partial charge in [0.2, 0.25) is 0 Å². The number of hydrogen-bond acceptors (Lipinski definition) is 5. The van der Waals surface area contributed by atoms with Crippen LogP contribution in [-0.4, -0.2) is 24.7 Å². The van der Waals surface area contributed by atoms with E-state index in [0.717, 1.165) is 11.4 Å². The average molecular weight is 391 g/mol. The van der Waals surface area contributed by atoms with Gasteiger partial charge in [0, 0.05) is 22.3 Å². The Morgan fingerprint density at radius 2 is 1.92 bits per heavy atom. The second-order valence-corrected chi connectivity index (χ2v) is 6.25. The summed E-state index contributed by atoms with van der Waals surface area (Å²) in [5.41, 5.74) is 2.14. The number of esters is 1. The first kappa shape index (κ1) is 18.3. The predicted octanol–water partition coefficient (Wildman–Crippen LogP) is 5.47. The van der Waals surface area contributed by atoms with Crippen LogP contribution >= 0.6 is 23.2 Å². The highest BCUT2D eigenvalue weighted by molar-refractivity contribution is 6.38. The summed E-state index contributed by atoms with van der Waals surface area (Å²) in [5.74, 6) is 0.251. The maximum atomic E-state index is 12.4. The van der Waals surface area contributed by atoms with Crippen LogP contribution in [0.4, 0.5) is 11.4 Å².